The minimum absolute atomic E-state index is 0.0814. The van der Waals surface area contributed by atoms with Crippen LogP contribution in [0.1, 0.15) is 42.5 Å². The molecule has 0 saturated carbocycles. The van der Waals surface area contributed by atoms with Crippen molar-refractivity contribution in [3.05, 3.63) is 47.2 Å². The zero-order chi connectivity index (χ0) is 13.2. The van der Waals surface area contributed by atoms with Gasteiger partial charge in [-0.15, -0.1) is 0 Å². The van der Waals surface area contributed by atoms with Gasteiger partial charge in [0.25, 0.3) is 0 Å². The van der Waals surface area contributed by atoms with Crippen LogP contribution in [-0.2, 0) is 9.53 Å². The molecule has 0 N–H and O–H groups in total. The second-order valence-corrected chi connectivity index (χ2v) is 5.12. The Kier molecular flexibility index (Phi) is 3.20. The van der Waals surface area contributed by atoms with Crippen molar-refractivity contribution in [2.45, 2.75) is 38.2 Å². The highest BCUT2D eigenvalue weighted by molar-refractivity contribution is 5.98. The van der Waals surface area contributed by atoms with Crippen molar-refractivity contribution in [2.75, 3.05) is 0 Å². The number of rotatable bonds is 3. The van der Waals surface area contributed by atoms with Crippen molar-refractivity contribution in [3.8, 4) is 0 Å². The largest absolute Gasteiger partial charge is 0.494 e. The second-order valence-electron chi connectivity index (χ2n) is 5.12. The predicted molar refractivity (Wildman–Crippen MR) is 70.8 cm³/mol. The summed E-state index contributed by atoms with van der Waals surface area (Å²) in [5, 5.41) is 0. The third-order valence-electron chi connectivity index (χ3n) is 3.73. The van der Waals surface area contributed by atoms with Gasteiger partial charge < -0.3 is 4.74 Å². The molecule has 0 spiro atoms. The van der Waals surface area contributed by atoms with Gasteiger partial charge in [-0.05, 0) is 6.42 Å². The van der Waals surface area contributed by atoms with Crippen LogP contribution in [0.2, 0.25) is 0 Å². The van der Waals surface area contributed by atoms with Gasteiger partial charge >= 0.3 is 0 Å². The summed E-state index contributed by atoms with van der Waals surface area (Å²) in [6, 6.07) is 9.23. The summed E-state index contributed by atoms with van der Waals surface area (Å²) < 4.78 is 5.77. The molecule has 2 aliphatic rings. The smallest absolute Gasteiger partial charge is 0.166 e. The zero-order valence-corrected chi connectivity index (χ0v) is 10.7. The lowest BCUT2D eigenvalue weighted by Gasteiger charge is -2.13. The number of hydrogen-bond acceptors (Lipinski definition) is 3. The molecule has 1 unspecified atom stereocenters. The van der Waals surface area contributed by atoms with Gasteiger partial charge in [0.05, 0.1) is 0 Å². The number of ketones is 2. The summed E-state index contributed by atoms with van der Waals surface area (Å²) in [4.78, 5) is 23.9. The van der Waals surface area contributed by atoms with Gasteiger partial charge in [0.1, 0.15) is 11.9 Å². The number of allylic oxidation sites excluding steroid dienone is 1. The number of Topliss-reactive ketones (excluding diaryl/α,β-unsaturated/α-hetero) is 2. The number of hydrogen-bond donors (Lipinski definition) is 0. The zero-order valence-electron chi connectivity index (χ0n) is 10.7. The highest BCUT2D eigenvalue weighted by Crippen LogP contribution is 2.35. The predicted octanol–water partition coefficient (Wildman–Crippen LogP) is 3.06. The van der Waals surface area contributed by atoms with Crippen molar-refractivity contribution in [2.24, 2.45) is 0 Å². The van der Waals surface area contributed by atoms with Gasteiger partial charge in [-0.2, -0.15) is 0 Å². The lowest BCUT2D eigenvalue weighted by Crippen LogP contribution is -2.14. The Morgan fingerprint density at radius 3 is 2.74 bits per heavy atom. The minimum atomic E-state index is -0.153. The molecule has 0 saturated heterocycles. The fourth-order valence-electron chi connectivity index (χ4n) is 2.76. The Morgan fingerprint density at radius 2 is 2.00 bits per heavy atom. The van der Waals surface area contributed by atoms with Gasteiger partial charge in [0, 0.05) is 36.8 Å². The molecule has 0 amide bonds. The molecule has 1 aliphatic heterocycles. The number of carbonyl (C=O) groups is 2. The summed E-state index contributed by atoms with van der Waals surface area (Å²) in [5.74, 6) is 1.12. The van der Waals surface area contributed by atoms with Crippen molar-refractivity contribution < 1.29 is 14.3 Å². The van der Waals surface area contributed by atoms with Crippen molar-refractivity contribution >= 4 is 11.6 Å². The molecular weight excluding hydrogens is 240 g/mol. The maximum absolute atomic E-state index is 12.1. The maximum Gasteiger partial charge on any atom is 0.166 e. The van der Waals surface area contributed by atoms with E-state index in [1.54, 1.807) is 0 Å². The third kappa shape index (κ3) is 2.46. The maximum atomic E-state index is 12.1. The summed E-state index contributed by atoms with van der Waals surface area (Å²) in [6.45, 7) is 0. The average molecular weight is 256 g/mol. The second kappa shape index (κ2) is 5.00. The van der Waals surface area contributed by atoms with E-state index in [1.807, 2.05) is 30.3 Å². The Balaban J connectivity index is 1.65. The van der Waals surface area contributed by atoms with Crippen molar-refractivity contribution in [3.63, 3.8) is 0 Å². The van der Waals surface area contributed by atoms with E-state index in [0.717, 1.165) is 24.2 Å². The molecule has 1 aromatic rings. The summed E-state index contributed by atoms with van der Waals surface area (Å²) in [6.07, 6.45) is 3.15. The molecule has 3 nitrogen and oxygen atoms in total. The van der Waals surface area contributed by atoms with Crippen LogP contribution in [-0.4, -0.2) is 17.7 Å². The van der Waals surface area contributed by atoms with Crippen LogP contribution >= 0.6 is 0 Å². The van der Waals surface area contributed by atoms with Gasteiger partial charge in [0.15, 0.2) is 11.6 Å². The normalized spacial score (nSPS) is 22.1. The molecule has 0 fully saturated rings. The van der Waals surface area contributed by atoms with Crippen LogP contribution in [0.25, 0.3) is 0 Å². The standard InChI is InChI=1S/C16H16O3/c17-14-7-4-8-16-13(14)9-12(19-16)10-15(18)11-5-2-1-3-6-11/h1-3,5-6,12H,4,7-10H2. The molecular formula is C16H16O3. The lowest BCUT2D eigenvalue weighted by molar-refractivity contribution is -0.116. The molecule has 19 heavy (non-hydrogen) atoms. The number of ether oxygens (including phenoxy) is 1. The molecule has 3 heteroatoms. The highest BCUT2D eigenvalue weighted by atomic mass is 16.5. The molecule has 98 valence electrons. The monoisotopic (exact) mass is 256 g/mol. The van der Waals surface area contributed by atoms with Crippen molar-refractivity contribution in [1.82, 2.24) is 0 Å². The van der Waals surface area contributed by atoms with Gasteiger partial charge in [-0.1, -0.05) is 30.3 Å². The first-order valence-electron chi connectivity index (χ1n) is 6.74. The highest BCUT2D eigenvalue weighted by Gasteiger charge is 2.33. The summed E-state index contributed by atoms with van der Waals surface area (Å²) >= 11 is 0. The molecule has 0 radical (unpaired) electrons. The lowest BCUT2D eigenvalue weighted by atomic mass is 9.93. The molecule has 1 aliphatic carbocycles. The SMILES string of the molecule is O=C1CCCC2=C1CC(CC(=O)c1ccccc1)O2. The molecule has 0 bridgehead atoms. The quantitative estimate of drug-likeness (QED) is 0.781. The van der Waals surface area contributed by atoms with Gasteiger partial charge in [-0.3, -0.25) is 9.59 Å². The minimum Gasteiger partial charge on any atom is -0.494 e. The molecule has 3 rings (SSSR count). The molecule has 1 aromatic carbocycles. The Hall–Kier alpha value is -1.90. The molecule has 1 heterocycles. The first-order chi connectivity index (χ1) is 9.24. The topological polar surface area (TPSA) is 43.4 Å². The average Bonchev–Trinajstić information content (AvgIpc) is 2.84. The van der Waals surface area contributed by atoms with E-state index in [0.29, 0.717) is 24.8 Å². The van der Waals surface area contributed by atoms with E-state index in [4.69, 9.17) is 4.74 Å². The fraction of sp³-hybridized carbons (Fsp3) is 0.375. The third-order valence-corrected chi connectivity index (χ3v) is 3.73. The number of carbonyl (C=O) groups excluding carboxylic acids is 2. The van der Waals surface area contributed by atoms with E-state index in [1.165, 1.54) is 0 Å². The van der Waals surface area contributed by atoms with E-state index in [2.05, 4.69) is 0 Å². The van der Waals surface area contributed by atoms with Crippen molar-refractivity contribution in [1.29, 1.82) is 0 Å². The Labute approximate surface area is 112 Å². The van der Waals surface area contributed by atoms with E-state index in [-0.39, 0.29) is 17.7 Å². The first kappa shape index (κ1) is 12.2. The van der Waals surface area contributed by atoms with Crippen LogP contribution in [0.3, 0.4) is 0 Å². The van der Waals surface area contributed by atoms with E-state index >= 15 is 0 Å². The van der Waals surface area contributed by atoms with Crippen LogP contribution in [0.5, 0.6) is 0 Å². The number of benzene rings is 1. The summed E-state index contributed by atoms with van der Waals surface area (Å²) in [5.41, 5.74) is 1.54. The summed E-state index contributed by atoms with van der Waals surface area (Å²) in [7, 11) is 0. The van der Waals surface area contributed by atoms with E-state index < -0.39 is 0 Å². The van der Waals surface area contributed by atoms with Gasteiger partial charge in [-0.25, -0.2) is 0 Å². The van der Waals surface area contributed by atoms with Crippen LogP contribution in [0.4, 0.5) is 0 Å². The molecule has 0 aromatic heterocycles. The fourth-order valence-corrected chi connectivity index (χ4v) is 2.76. The Morgan fingerprint density at radius 1 is 1.21 bits per heavy atom. The van der Waals surface area contributed by atoms with Gasteiger partial charge in [0.2, 0.25) is 0 Å². The van der Waals surface area contributed by atoms with E-state index in [9.17, 15) is 9.59 Å². The molecule has 1 atom stereocenters. The van der Waals surface area contributed by atoms with Crippen LogP contribution in [0.15, 0.2) is 41.7 Å². The van der Waals surface area contributed by atoms with Crippen LogP contribution < -0.4 is 0 Å². The van der Waals surface area contributed by atoms with Crippen LogP contribution in [0, 0.1) is 0 Å². The first-order valence-corrected chi connectivity index (χ1v) is 6.74. The Bertz CT molecular complexity index is 542.